The second kappa shape index (κ2) is 8.31. The molecule has 0 bridgehead atoms. The molecule has 2 aromatic rings. The molecule has 3 saturated heterocycles. The Morgan fingerprint density at radius 3 is 2.44 bits per heavy atom. The van der Waals surface area contributed by atoms with Crippen molar-refractivity contribution < 1.29 is 18.8 Å². The normalized spacial score (nSPS) is 24.2. The molecule has 1 aromatic heterocycles. The van der Waals surface area contributed by atoms with Gasteiger partial charge in [-0.25, -0.2) is 0 Å². The van der Waals surface area contributed by atoms with Crippen LogP contribution in [0, 0.1) is 13.8 Å². The number of carbonyl (C=O) groups excluding carboxylic acids is 3. The van der Waals surface area contributed by atoms with Crippen LogP contribution in [0.1, 0.15) is 46.1 Å². The molecule has 32 heavy (non-hydrogen) atoms. The minimum Gasteiger partial charge on any atom is -0.459 e. The zero-order valence-corrected chi connectivity index (χ0v) is 19.1. The van der Waals surface area contributed by atoms with Gasteiger partial charge in [0.1, 0.15) is 6.04 Å². The van der Waals surface area contributed by atoms with Crippen molar-refractivity contribution in [3.63, 3.8) is 0 Å². The first-order valence-electron chi connectivity index (χ1n) is 11.1. The van der Waals surface area contributed by atoms with Gasteiger partial charge in [0.15, 0.2) is 5.76 Å². The summed E-state index contributed by atoms with van der Waals surface area (Å²) >= 11 is 1.29. The zero-order valence-electron chi connectivity index (χ0n) is 18.3. The molecule has 2 atom stereocenters. The zero-order chi connectivity index (χ0) is 22.4. The number of likely N-dealkylation sites (tertiary alicyclic amines) is 2. The topological polar surface area (TPSA) is 74.1 Å². The Labute approximate surface area is 191 Å². The SMILES string of the molecule is Cc1ccc([C@H]2[C@@H](N3CCSC3=O)C(=O)N2C2CCN(C(=O)c3ccco3)CC2)cc1C. The first-order chi connectivity index (χ1) is 15.5. The molecule has 3 fully saturated rings. The molecular formula is C24H27N3O4S. The minimum absolute atomic E-state index is 0.00398. The molecule has 1 aromatic carbocycles. The lowest BCUT2D eigenvalue weighted by atomic mass is 9.83. The van der Waals surface area contributed by atoms with Gasteiger partial charge in [-0.3, -0.25) is 14.4 Å². The third-order valence-electron chi connectivity index (χ3n) is 6.98. The molecule has 3 aliphatic rings. The van der Waals surface area contributed by atoms with E-state index in [0.717, 1.165) is 24.2 Å². The van der Waals surface area contributed by atoms with E-state index in [2.05, 4.69) is 32.0 Å². The van der Waals surface area contributed by atoms with Crippen LogP contribution < -0.4 is 0 Å². The molecule has 0 aliphatic carbocycles. The molecule has 0 N–H and O–H groups in total. The van der Waals surface area contributed by atoms with Gasteiger partial charge in [0.2, 0.25) is 5.91 Å². The van der Waals surface area contributed by atoms with Crippen molar-refractivity contribution >= 4 is 28.8 Å². The average molecular weight is 454 g/mol. The van der Waals surface area contributed by atoms with Gasteiger partial charge >= 0.3 is 0 Å². The maximum Gasteiger partial charge on any atom is 0.289 e. The second-order valence-electron chi connectivity index (χ2n) is 8.79. The van der Waals surface area contributed by atoms with Gasteiger partial charge in [-0.05, 0) is 55.5 Å². The molecule has 0 radical (unpaired) electrons. The second-order valence-corrected chi connectivity index (χ2v) is 9.83. The maximum atomic E-state index is 13.4. The summed E-state index contributed by atoms with van der Waals surface area (Å²) in [6.07, 6.45) is 2.94. The fourth-order valence-electron chi connectivity index (χ4n) is 5.06. The van der Waals surface area contributed by atoms with E-state index in [1.165, 1.54) is 29.2 Å². The van der Waals surface area contributed by atoms with Gasteiger partial charge in [-0.1, -0.05) is 30.0 Å². The Hall–Kier alpha value is -2.74. The molecular weight excluding hydrogens is 426 g/mol. The van der Waals surface area contributed by atoms with Crippen molar-refractivity contribution in [2.45, 2.75) is 44.8 Å². The van der Waals surface area contributed by atoms with Crippen LogP contribution in [0.3, 0.4) is 0 Å². The molecule has 168 valence electrons. The number of nitrogens with zero attached hydrogens (tertiary/aromatic N) is 3. The molecule has 8 heteroatoms. The van der Waals surface area contributed by atoms with Crippen molar-refractivity contribution in [3.05, 3.63) is 59.0 Å². The monoisotopic (exact) mass is 453 g/mol. The number of furan rings is 1. The van der Waals surface area contributed by atoms with Crippen LogP contribution in [0.4, 0.5) is 4.79 Å². The Morgan fingerprint density at radius 1 is 1.03 bits per heavy atom. The van der Waals surface area contributed by atoms with Crippen molar-refractivity contribution in [2.24, 2.45) is 0 Å². The number of hydrogen-bond acceptors (Lipinski definition) is 5. The maximum absolute atomic E-state index is 13.4. The lowest BCUT2D eigenvalue weighted by Gasteiger charge is -2.55. The van der Waals surface area contributed by atoms with E-state index in [9.17, 15) is 14.4 Å². The molecule has 3 amide bonds. The van der Waals surface area contributed by atoms with Crippen LogP contribution in [-0.4, -0.2) is 69.2 Å². The summed E-state index contributed by atoms with van der Waals surface area (Å²) in [5.74, 6) is 1.00. The minimum atomic E-state index is -0.428. The van der Waals surface area contributed by atoms with Crippen LogP contribution in [0.15, 0.2) is 41.0 Å². The van der Waals surface area contributed by atoms with E-state index in [1.54, 1.807) is 21.9 Å². The summed E-state index contributed by atoms with van der Waals surface area (Å²) < 4.78 is 5.25. The first kappa shape index (κ1) is 21.1. The van der Waals surface area contributed by atoms with Crippen LogP contribution in [-0.2, 0) is 4.79 Å². The molecule has 0 saturated carbocycles. The summed E-state index contributed by atoms with van der Waals surface area (Å²) in [7, 11) is 0. The molecule has 0 unspecified atom stereocenters. The smallest absolute Gasteiger partial charge is 0.289 e. The first-order valence-corrected chi connectivity index (χ1v) is 12.1. The van der Waals surface area contributed by atoms with Gasteiger partial charge in [0.05, 0.1) is 12.3 Å². The van der Waals surface area contributed by atoms with Crippen LogP contribution in [0.2, 0.25) is 0 Å². The highest BCUT2D eigenvalue weighted by atomic mass is 32.2. The summed E-state index contributed by atoms with van der Waals surface area (Å²) in [4.78, 5) is 43.9. The number of thioether (sulfide) groups is 1. The fraction of sp³-hybridized carbons (Fsp3) is 0.458. The highest BCUT2D eigenvalue weighted by molar-refractivity contribution is 8.13. The van der Waals surface area contributed by atoms with Crippen LogP contribution in [0.5, 0.6) is 0 Å². The predicted octanol–water partition coefficient (Wildman–Crippen LogP) is 3.62. The van der Waals surface area contributed by atoms with Gasteiger partial charge in [-0.15, -0.1) is 0 Å². The quantitative estimate of drug-likeness (QED) is 0.661. The van der Waals surface area contributed by atoms with Gasteiger partial charge in [-0.2, -0.15) is 0 Å². The van der Waals surface area contributed by atoms with Crippen molar-refractivity contribution in [2.75, 3.05) is 25.4 Å². The van der Waals surface area contributed by atoms with Crippen molar-refractivity contribution in [1.82, 2.24) is 14.7 Å². The summed E-state index contributed by atoms with van der Waals surface area (Å²) in [5.41, 5.74) is 3.47. The number of rotatable bonds is 4. The molecule has 5 rings (SSSR count). The van der Waals surface area contributed by atoms with E-state index in [0.29, 0.717) is 25.4 Å². The van der Waals surface area contributed by atoms with E-state index in [4.69, 9.17) is 4.42 Å². The van der Waals surface area contributed by atoms with Crippen LogP contribution in [0.25, 0.3) is 0 Å². The number of carbonyl (C=O) groups is 3. The third-order valence-corrected chi connectivity index (χ3v) is 7.85. The summed E-state index contributed by atoms with van der Waals surface area (Å²) in [5, 5.41) is -0.00398. The van der Waals surface area contributed by atoms with E-state index >= 15 is 0 Å². The predicted molar refractivity (Wildman–Crippen MR) is 121 cm³/mol. The molecule has 7 nitrogen and oxygen atoms in total. The van der Waals surface area contributed by atoms with E-state index in [-0.39, 0.29) is 29.1 Å². The highest BCUT2D eigenvalue weighted by Gasteiger charge is 2.55. The molecule has 0 spiro atoms. The third kappa shape index (κ3) is 3.50. The van der Waals surface area contributed by atoms with E-state index in [1.807, 2.05) is 4.90 Å². The summed E-state index contributed by atoms with van der Waals surface area (Å²) in [6, 6.07) is 9.20. The Kier molecular flexibility index (Phi) is 5.49. The Balaban J connectivity index is 1.36. The largest absolute Gasteiger partial charge is 0.459 e. The average Bonchev–Trinajstić information content (AvgIpc) is 3.47. The lowest BCUT2D eigenvalue weighted by Crippen LogP contribution is -2.69. The number of β-lactam (4-membered cyclic amide) rings is 1. The van der Waals surface area contributed by atoms with Crippen molar-refractivity contribution in [1.29, 1.82) is 0 Å². The Morgan fingerprint density at radius 2 is 1.81 bits per heavy atom. The number of aryl methyl sites for hydroxylation is 2. The van der Waals surface area contributed by atoms with Crippen molar-refractivity contribution in [3.8, 4) is 0 Å². The Bertz CT molecular complexity index is 1050. The number of amides is 3. The number of hydrogen-bond donors (Lipinski definition) is 0. The van der Waals surface area contributed by atoms with E-state index < -0.39 is 6.04 Å². The van der Waals surface area contributed by atoms with Crippen LogP contribution >= 0.6 is 11.8 Å². The highest BCUT2D eigenvalue weighted by Crippen LogP contribution is 2.44. The number of piperidine rings is 1. The van der Waals surface area contributed by atoms with Gasteiger partial charge < -0.3 is 19.1 Å². The number of benzene rings is 1. The standard InChI is InChI=1S/C24H27N3O4S/c1-15-5-6-17(14-16(15)2)20-21(26-11-13-32-24(26)30)23(29)27(20)18-7-9-25(10-8-18)22(28)19-4-3-12-31-19/h3-6,12,14,18,20-21H,7-11,13H2,1-2H3/t20-,21+/m0/s1. The fourth-order valence-corrected chi connectivity index (χ4v) is 5.89. The lowest BCUT2D eigenvalue weighted by molar-refractivity contribution is -0.163. The van der Waals surface area contributed by atoms with Gasteiger partial charge in [0.25, 0.3) is 11.1 Å². The summed E-state index contributed by atoms with van der Waals surface area (Å²) in [6.45, 7) is 5.93. The van der Waals surface area contributed by atoms with Gasteiger partial charge in [0, 0.05) is 31.4 Å². The molecule has 3 aliphatic heterocycles. The molecule has 4 heterocycles.